The van der Waals surface area contributed by atoms with Crippen molar-refractivity contribution >= 4 is 0 Å². The van der Waals surface area contributed by atoms with Gasteiger partial charge in [0.15, 0.2) is 0 Å². The Labute approximate surface area is 139 Å². The van der Waals surface area contributed by atoms with E-state index in [9.17, 15) is 0 Å². The van der Waals surface area contributed by atoms with E-state index in [0.29, 0.717) is 0 Å². The standard InChI is InChI=1S/C20H28N2O/c1-2-3-4-5-16-6-8-17(9-7-16)14-19-15-20(22-23-19)18-10-12-21-13-11-18/h10-13,15-17H,2-9,14H2,1H3. The van der Waals surface area contributed by atoms with Crippen molar-refractivity contribution in [1.29, 1.82) is 0 Å². The molecule has 1 aliphatic carbocycles. The average Bonchev–Trinajstić information content (AvgIpc) is 3.06. The second-order valence-electron chi connectivity index (χ2n) is 7.00. The van der Waals surface area contributed by atoms with Gasteiger partial charge in [-0.1, -0.05) is 50.6 Å². The Bertz CT molecular complexity index is 570. The van der Waals surface area contributed by atoms with Gasteiger partial charge in [0, 0.05) is 30.4 Å². The average molecular weight is 312 g/mol. The van der Waals surface area contributed by atoms with Crippen LogP contribution in [0.5, 0.6) is 0 Å². The van der Waals surface area contributed by atoms with Gasteiger partial charge in [-0.05, 0) is 36.8 Å². The summed E-state index contributed by atoms with van der Waals surface area (Å²) in [5, 5.41) is 4.21. The summed E-state index contributed by atoms with van der Waals surface area (Å²) in [5.41, 5.74) is 2.00. The van der Waals surface area contributed by atoms with Crippen LogP contribution in [0.2, 0.25) is 0 Å². The zero-order valence-corrected chi connectivity index (χ0v) is 14.2. The predicted molar refractivity (Wildman–Crippen MR) is 93.0 cm³/mol. The van der Waals surface area contributed by atoms with Crippen LogP contribution < -0.4 is 0 Å². The third-order valence-electron chi connectivity index (χ3n) is 5.21. The van der Waals surface area contributed by atoms with E-state index < -0.39 is 0 Å². The highest BCUT2D eigenvalue weighted by Gasteiger charge is 2.22. The van der Waals surface area contributed by atoms with Crippen molar-refractivity contribution in [2.24, 2.45) is 11.8 Å². The molecule has 3 rings (SSSR count). The van der Waals surface area contributed by atoms with Gasteiger partial charge in [0.25, 0.3) is 0 Å². The molecule has 3 nitrogen and oxygen atoms in total. The van der Waals surface area contributed by atoms with Crippen molar-refractivity contribution in [2.75, 3.05) is 0 Å². The quantitative estimate of drug-likeness (QED) is 0.619. The number of pyridine rings is 1. The number of rotatable bonds is 7. The van der Waals surface area contributed by atoms with Crippen LogP contribution in [-0.4, -0.2) is 10.1 Å². The molecule has 0 spiro atoms. The molecule has 0 aliphatic heterocycles. The SMILES string of the molecule is CCCCCC1CCC(Cc2cc(-c3ccncc3)no2)CC1. The van der Waals surface area contributed by atoms with Crippen LogP contribution in [0.4, 0.5) is 0 Å². The summed E-state index contributed by atoms with van der Waals surface area (Å²) >= 11 is 0. The molecular weight excluding hydrogens is 284 g/mol. The summed E-state index contributed by atoms with van der Waals surface area (Å²) in [7, 11) is 0. The van der Waals surface area contributed by atoms with Gasteiger partial charge in [-0.25, -0.2) is 0 Å². The molecule has 2 heterocycles. The summed E-state index contributed by atoms with van der Waals surface area (Å²) in [6, 6.07) is 6.05. The Kier molecular flexibility index (Phi) is 5.84. The molecule has 1 aliphatic rings. The number of nitrogens with zero attached hydrogens (tertiary/aromatic N) is 2. The fourth-order valence-corrected chi connectivity index (χ4v) is 3.76. The molecule has 0 N–H and O–H groups in total. The molecule has 0 radical (unpaired) electrons. The van der Waals surface area contributed by atoms with E-state index in [4.69, 9.17) is 4.52 Å². The first kappa shape index (κ1) is 16.2. The minimum atomic E-state index is 0.774. The minimum Gasteiger partial charge on any atom is -0.361 e. The number of hydrogen-bond acceptors (Lipinski definition) is 3. The molecule has 23 heavy (non-hydrogen) atoms. The molecule has 3 heteroatoms. The highest BCUT2D eigenvalue weighted by molar-refractivity contribution is 5.57. The fraction of sp³-hybridized carbons (Fsp3) is 0.600. The monoisotopic (exact) mass is 312 g/mol. The molecule has 0 atom stereocenters. The number of unbranched alkanes of at least 4 members (excludes halogenated alkanes) is 2. The first-order chi connectivity index (χ1) is 11.3. The third kappa shape index (κ3) is 4.66. The van der Waals surface area contributed by atoms with Crippen molar-refractivity contribution in [3.8, 4) is 11.3 Å². The zero-order chi connectivity index (χ0) is 15.9. The summed E-state index contributed by atoms with van der Waals surface area (Å²) in [5.74, 6) is 2.78. The lowest BCUT2D eigenvalue weighted by molar-refractivity contribution is 0.243. The molecular formula is C20H28N2O. The molecule has 2 aromatic heterocycles. The molecule has 0 aromatic carbocycles. The van der Waals surface area contributed by atoms with Gasteiger partial charge in [0.05, 0.1) is 0 Å². The van der Waals surface area contributed by atoms with E-state index in [-0.39, 0.29) is 0 Å². The van der Waals surface area contributed by atoms with Gasteiger partial charge < -0.3 is 4.52 Å². The largest absolute Gasteiger partial charge is 0.361 e. The first-order valence-corrected chi connectivity index (χ1v) is 9.21. The van der Waals surface area contributed by atoms with Crippen molar-refractivity contribution in [3.63, 3.8) is 0 Å². The molecule has 2 aromatic rings. The summed E-state index contributed by atoms with van der Waals surface area (Å²) in [4.78, 5) is 4.05. The second kappa shape index (κ2) is 8.28. The lowest BCUT2D eigenvalue weighted by Gasteiger charge is -2.27. The second-order valence-corrected chi connectivity index (χ2v) is 7.00. The molecule has 0 amide bonds. The van der Waals surface area contributed by atoms with E-state index in [1.807, 2.05) is 12.1 Å². The molecule has 1 saturated carbocycles. The van der Waals surface area contributed by atoms with Crippen LogP contribution in [-0.2, 0) is 6.42 Å². The Balaban J connectivity index is 1.47. The summed E-state index contributed by atoms with van der Waals surface area (Å²) in [6.07, 6.45) is 15.7. The third-order valence-corrected chi connectivity index (χ3v) is 5.21. The van der Waals surface area contributed by atoms with E-state index >= 15 is 0 Å². The van der Waals surface area contributed by atoms with Crippen molar-refractivity contribution in [3.05, 3.63) is 36.4 Å². The predicted octanol–water partition coefficient (Wildman–Crippen LogP) is 5.67. The lowest BCUT2D eigenvalue weighted by atomic mass is 9.78. The van der Waals surface area contributed by atoms with Crippen LogP contribution in [0.3, 0.4) is 0 Å². The smallest absolute Gasteiger partial charge is 0.137 e. The molecule has 0 saturated heterocycles. The Morgan fingerprint density at radius 1 is 1.04 bits per heavy atom. The minimum absolute atomic E-state index is 0.774. The van der Waals surface area contributed by atoms with Crippen LogP contribution >= 0.6 is 0 Å². The van der Waals surface area contributed by atoms with Crippen molar-refractivity contribution in [2.45, 2.75) is 64.7 Å². The highest BCUT2D eigenvalue weighted by atomic mass is 16.5. The van der Waals surface area contributed by atoms with Gasteiger partial charge in [-0.15, -0.1) is 0 Å². The van der Waals surface area contributed by atoms with Gasteiger partial charge >= 0.3 is 0 Å². The number of hydrogen-bond donors (Lipinski definition) is 0. The number of aromatic nitrogens is 2. The normalized spacial score (nSPS) is 21.4. The maximum absolute atomic E-state index is 5.56. The Morgan fingerprint density at radius 2 is 1.78 bits per heavy atom. The van der Waals surface area contributed by atoms with Crippen LogP contribution in [0.15, 0.2) is 35.1 Å². The maximum atomic E-state index is 5.56. The van der Waals surface area contributed by atoms with Gasteiger partial charge in [-0.2, -0.15) is 0 Å². The van der Waals surface area contributed by atoms with Crippen LogP contribution in [0.25, 0.3) is 11.3 Å². The Hall–Kier alpha value is -1.64. The summed E-state index contributed by atoms with van der Waals surface area (Å²) < 4.78 is 5.56. The molecule has 0 unspecified atom stereocenters. The van der Waals surface area contributed by atoms with Crippen LogP contribution in [0, 0.1) is 11.8 Å². The van der Waals surface area contributed by atoms with Gasteiger partial charge in [0.1, 0.15) is 11.5 Å². The van der Waals surface area contributed by atoms with E-state index in [1.54, 1.807) is 12.4 Å². The van der Waals surface area contributed by atoms with Gasteiger partial charge in [0.2, 0.25) is 0 Å². The first-order valence-electron chi connectivity index (χ1n) is 9.21. The molecule has 124 valence electrons. The topological polar surface area (TPSA) is 38.9 Å². The van der Waals surface area contributed by atoms with Gasteiger partial charge in [-0.3, -0.25) is 4.98 Å². The van der Waals surface area contributed by atoms with Crippen molar-refractivity contribution in [1.82, 2.24) is 10.1 Å². The highest BCUT2D eigenvalue weighted by Crippen LogP contribution is 2.34. The maximum Gasteiger partial charge on any atom is 0.137 e. The Morgan fingerprint density at radius 3 is 2.52 bits per heavy atom. The zero-order valence-electron chi connectivity index (χ0n) is 14.2. The van der Waals surface area contributed by atoms with E-state index in [2.05, 4.69) is 23.1 Å². The lowest BCUT2D eigenvalue weighted by Crippen LogP contribution is -2.16. The summed E-state index contributed by atoms with van der Waals surface area (Å²) in [6.45, 7) is 2.29. The molecule has 1 fully saturated rings. The fourth-order valence-electron chi connectivity index (χ4n) is 3.76. The van der Waals surface area contributed by atoms with E-state index in [1.165, 1.54) is 51.4 Å². The van der Waals surface area contributed by atoms with Crippen molar-refractivity contribution < 1.29 is 4.52 Å². The van der Waals surface area contributed by atoms with Crippen LogP contribution in [0.1, 0.15) is 64.1 Å². The van der Waals surface area contributed by atoms with E-state index in [0.717, 1.165) is 35.3 Å². The molecule has 0 bridgehead atoms.